The van der Waals surface area contributed by atoms with E-state index in [4.69, 9.17) is 9.05 Å². The first-order valence-electron chi connectivity index (χ1n) is 20.1. The monoisotopic (exact) mass is 797 g/mol. The van der Waals surface area contributed by atoms with Gasteiger partial charge >= 0.3 is 12.1 Å². The van der Waals surface area contributed by atoms with Gasteiger partial charge in [-0.1, -0.05) is 107 Å². The Labute approximate surface area is 332 Å². The minimum atomic E-state index is -4.37. The second kappa shape index (κ2) is 19.8. The Balaban J connectivity index is 0.000000262. The predicted octanol–water partition coefficient (Wildman–Crippen LogP) is 13.7. The fourth-order valence-electron chi connectivity index (χ4n) is 5.18. The van der Waals surface area contributed by atoms with Crippen molar-refractivity contribution >= 4 is 0 Å². The van der Waals surface area contributed by atoms with E-state index in [0.29, 0.717) is 48.9 Å². The molecule has 0 bridgehead atoms. The van der Waals surface area contributed by atoms with Gasteiger partial charge in [0.05, 0.1) is 17.6 Å². The lowest BCUT2D eigenvalue weighted by Crippen LogP contribution is -2.24. The Morgan fingerprint density at radius 3 is 1.66 bits per heavy atom. The molecule has 4 aromatic heterocycles. The minimum absolute atomic E-state index is 0.0857. The molecule has 0 atom stereocenters. The van der Waals surface area contributed by atoms with Crippen LogP contribution in [-0.4, -0.2) is 29.9 Å². The molecule has 1 aliphatic carbocycles. The number of hydrogen-bond donors (Lipinski definition) is 0. The molecule has 0 aliphatic heterocycles. The third-order valence-corrected chi connectivity index (χ3v) is 9.55. The number of rotatable bonds is 11. The van der Waals surface area contributed by atoms with Gasteiger partial charge in [-0.2, -0.15) is 32.1 Å². The Morgan fingerprint density at radius 1 is 0.750 bits per heavy atom. The first kappa shape index (κ1) is 48.6. The number of alkyl halides is 5. The van der Waals surface area contributed by atoms with Gasteiger partial charge in [-0.25, -0.2) is 0 Å². The van der Waals surface area contributed by atoms with Gasteiger partial charge in [0.1, 0.15) is 5.76 Å². The third kappa shape index (κ3) is 14.8. The molecule has 318 valence electrons. The summed E-state index contributed by atoms with van der Waals surface area (Å²) in [6.45, 7) is 32.8. The van der Waals surface area contributed by atoms with Gasteiger partial charge in [0.15, 0.2) is 5.69 Å². The average molecular weight is 797 g/mol. The largest absolute Gasteiger partial charge is 0.435 e. The van der Waals surface area contributed by atoms with Crippen molar-refractivity contribution in [1.82, 2.24) is 29.9 Å². The lowest BCUT2D eigenvalue weighted by molar-refractivity contribution is -0.142. The average Bonchev–Trinajstić information content (AvgIpc) is 3.64. The van der Waals surface area contributed by atoms with Gasteiger partial charge in [0, 0.05) is 54.5 Å². The van der Waals surface area contributed by atoms with Gasteiger partial charge < -0.3 is 9.05 Å². The van der Waals surface area contributed by atoms with Crippen molar-refractivity contribution in [1.29, 1.82) is 0 Å². The van der Waals surface area contributed by atoms with Crippen LogP contribution >= 0.6 is 0 Å². The molecule has 4 aromatic rings. The Bertz CT molecular complexity index is 1710. The number of hydrogen-bond acceptors (Lipinski definition) is 6. The van der Waals surface area contributed by atoms with Crippen molar-refractivity contribution in [2.45, 2.75) is 185 Å². The van der Waals surface area contributed by atoms with Crippen LogP contribution in [0.5, 0.6) is 0 Å². The Morgan fingerprint density at radius 2 is 1.30 bits per heavy atom. The Hall–Kier alpha value is -3.51. The number of nitrogens with zero attached hydrogens (tertiary/aromatic N) is 6. The maximum atomic E-state index is 13.9. The zero-order valence-electron chi connectivity index (χ0n) is 36.8. The van der Waals surface area contributed by atoms with Gasteiger partial charge in [-0.05, 0) is 73.7 Å². The highest BCUT2D eigenvalue weighted by Crippen LogP contribution is 2.61. The molecule has 8 nitrogen and oxygen atoms in total. The van der Waals surface area contributed by atoms with Gasteiger partial charge in [0.25, 0.3) is 0 Å². The first-order chi connectivity index (χ1) is 25.6. The van der Waals surface area contributed by atoms with Crippen LogP contribution in [0.1, 0.15) is 199 Å². The molecular formula is C43H69F5N6O2. The third-order valence-electron chi connectivity index (χ3n) is 9.55. The lowest BCUT2D eigenvalue weighted by atomic mass is 9.92. The van der Waals surface area contributed by atoms with Gasteiger partial charge in [-0.3, -0.25) is 9.36 Å². The van der Waals surface area contributed by atoms with Crippen molar-refractivity contribution in [3.8, 4) is 0 Å². The van der Waals surface area contributed by atoms with Crippen LogP contribution < -0.4 is 0 Å². The van der Waals surface area contributed by atoms with E-state index in [0.717, 1.165) is 24.3 Å². The zero-order valence-corrected chi connectivity index (χ0v) is 36.8. The van der Waals surface area contributed by atoms with E-state index < -0.39 is 23.2 Å². The van der Waals surface area contributed by atoms with E-state index >= 15 is 0 Å². The molecule has 5 rings (SSSR count). The van der Waals surface area contributed by atoms with Gasteiger partial charge in [0.2, 0.25) is 5.76 Å². The van der Waals surface area contributed by atoms with Crippen molar-refractivity contribution in [2.75, 3.05) is 0 Å². The summed E-state index contributed by atoms with van der Waals surface area (Å²) in [7, 11) is 0. The molecule has 0 amide bonds. The molecule has 1 fully saturated rings. The minimum Gasteiger partial charge on any atom is -0.361 e. The van der Waals surface area contributed by atoms with E-state index in [2.05, 4.69) is 109 Å². The van der Waals surface area contributed by atoms with Crippen LogP contribution in [0.3, 0.4) is 0 Å². The molecule has 0 aromatic carbocycles. The molecule has 1 aliphatic rings. The summed E-state index contributed by atoms with van der Waals surface area (Å²) in [6, 6.07) is 3.92. The van der Waals surface area contributed by atoms with Crippen molar-refractivity contribution in [3.63, 3.8) is 0 Å². The van der Waals surface area contributed by atoms with Crippen LogP contribution in [0.2, 0.25) is 0 Å². The SMILES string of the molecule is CC(C)Cc1cc(C(C)C)no1.CC(C)c1cc(C(F)(F)C2(C)CC2)on1.CC(C)c1cn(CCC(C)(C)C)nc1C(F)(F)F.CC(C)c1cnn(C(C)C)c1. The van der Waals surface area contributed by atoms with E-state index in [-0.39, 0.29) is 28.6 Å². The lowest BCUT2D eigenvalue weighted by Gasteiger charge is -2.19. The zero-order chi connectivity index (χ0) is 43.0. The van der Waals surface area contributed by atoms with Gasteiger partial charge in [-0.15, -0.1) is 0 Å². The highest BCUT2D eigenvalue weighted by molar-refractivity contribution is 5.23. The van der Waals surface area contributed by atoms with Crippen molar-refractivity contribution in [3.05, 3.63) is 70.5 Å². The van der Waals surface area contributed by atoms with Crippen molar-refractivity contribution < 1.29 is 31.0 Å². The smallest absolute Gasteiger partial charge is 0.361 e. The van der Waals surface area contributed by atoms with E-state index in [1.807, 2.05) is 24.7 Å². The summed E-state index contributed by atoms with van der Waals surface area (Å²) >= 11 is 0. The number of aromatic nitrogens is 6. The standard InChI is InChI=1S/C13H21F3N2.C11H15F2NO.C10H17NO.C9H16N2/c1-9(2)10-8-18(7-6-12(3,4)5)17-11(10)13(14,15)16;1-7(2)8-6-9(15-14-8)11(12,13)10(3)4-5-10;1-7(2)5-9-6-10(8(3)4)11-12-9;1-7(2)9-5-10-11(6-9)8(3)4/h8-9H,6-7H2,1-5H3;6-7H,4-5H2,1-3H3;6-8H,5H2,1-4H3;5-8H,1-4H3. The molecule has 56 heavy (non-hydrogen) atoms. The fraction of sp³-hybridized carbons (Fsp3) is 0.721. The molecule has 0 unspecified atom stereocenters. The van der Waals surface area contributed by atoms with Crippen LogP contribution in [-0.2, 0) is 25.1 Å². The second-order valence-corrected chi connectivity index (χ2v) is 18.5. The molecule has 0 radical (unpaired) electrons. The summed E-state index contributed by atoms with van der Waals surface area (Å²) in [5.41, 5.74) is 1.67. The summed E-state index contributed by atoms with van der Waals surface area (Å²) < 4.78 is 79.6. The number of halogens is 5. The fourth-order valence-corrected chi connectivity index (χ4v) is 5.18. The summed E-state index contributed by atoms with van der Waals surface area (Å²) in [4.78, 5) is 0. The normalized spacial score (nSPS) is 14.3. The first-order valence-corrected chi connectivity index (χ1v) is 20.1. The number of aryl methyl sites for hydroxylation is 1. The van der Waals surface area contributed by atoms with E-state index in [1.54, 1.807) is 20.8 Å². The molecule has 0 N–H and O–H groups in total. The van der Waals surface area contributed by atoms with Crippen LogP contribution in [0.15, 0.2) is 39.8 Å². The maximum Gasteiger partial charge on any atom is 0.435 e. The van der Waals surface area contributed by atoms with Crippen molar-refractivity contribution in [2.24, 2.45) is 16.7 Å². The second-order valence-electron chi connectivity index (χ2n) is 18.5. The predicted molar refractivity (Wildman–Crippen MR) is 213 cm³/mol. The Kier molecular flexibility index (Phi) is 17.2. The summed E-state index contributed by atoms with van der Waals surface area (Å²) in [5.74, 6) is -0.530. The highest BCUT2D eigenvalue weighted by atomic mass is 19.4. The maximum absolute atomic E-state index is 13.9. The molecule has 4 heterocycles. The molecule has 13 heteroatoms. The summed E-state index contributed by atoms with van der Waals surface area (Å²) in [5, 5.41) is 15.6. The van der Waals surface area contributed by atoms with Crippen LogP contribution in [0.4, 0.5) is 22.0 Å². The highest BCUT2D eigenvalue weighted by Gasteiger charge is 2.61. The molecule has 0 saturated heterocycles. The van der Waals surface area contributed by atoms with Crippen LogP contribution in [0.25, 0.3) is 0 Å². The topological polar surface area (TPSA) is 87.7 Å². The summed E-state index contributed by atoms with van der Waals surface area (Å²) in [6.07, 6.45) is 4.12. The van der Waals surface area contributed by atoms with E-state index in [1.165, 1.54) is 22.5 Å². The molecule has 1 saturated carbocycles. The van der Waals surface area contributed by atoms with E-state index in [9.17, 15) is 22.0 Å². The molecule has 0 spiro atoms. The molecular weight excluding hydrogens is 728 g/mol. The van der Waals surface area contributed by atoms with Crippen LogP contribution in [0, 0.1) is 16.7 Å². The quantitative estimate of drug-likeness (QED) is 0.140.